The number of carbonyl (C=O) groups excluding carboxylic acids is 2. The SMILES string of the molecule is Cc1ccc(Cn2c(-c3ccccc3)c(NC(=O)C(N)=O)sc2=Nc2ccccc2)cc1. The third-order valence-corrected chi connectivity index (χ3v) is 5.84. The van der Waals surface area contributed by atoms with Crippen LogP contribution in [0, 0.1) is 6.92 Å². The van der Waals surface area contributed by atoms with Gasteiger partial charge >= 0.3 is 11.8 Å². The average Bonchev–Trinajstić information content (AvgIpc) is 3.12. The molecule has 0 saturated heterocycles. The van der Waals surface area contributed by atoms with E-state index >= 15 is 0 Å². The fourth-order valence-electron chi connectivity index (χ4n) is 3.26. The maximum absolute atomic E-state index is 12.2. The first-order valence-electron chi connectivity index (χ1n) is 10.1. The zero-order chi connectivity index (χ0) is 22.5. The Morgan fingerprint density at radius 1 is 0.938 bits per heavy atom. The van der Waals surface area contributed by atoms with Gasteiger partial charge in [-0.1, -0.05) is 89.7 Å². The summed E-state index contributed by atoms with van der Waals surface area (Å²) in [6, 6.07) is 27.6. The van der Waals surface area contributed by atoms with Crippen molar-refractivity contribution >= 4 is 33.8 Å². The largest absolute Gasteiger partial charge is 0.361 e. The van der Waals surface area contributed by atoms with Gasteiger partial charge in [-0.15, -0.1) is 0 Å². The molecule has 0 atom stereocenters. The van der Waals surface area contributed by atoms with Crippen LogP contribution in [0.15, 0.2) is 89.9 Å². The van der Waals surface area contributed by atoms with Gasteiger partial charge in [-0.05, 0) is 24.6 Å². The molecule has 1 aromatic heterocycles. The number of primary amides is 1. The van der Waals surface area contributed by atoms with Crippen molar-refractivity contribution in [1.82, 2.24) is 4.57 Å². The van der Waals surface area contributed by atoms with Crippen molar-refractivity contribution in [2.75, 3.05) is 5.32 Å². The second-order valence-electron chi connectivity index (χ2n) is 7.27. The Bertz CT molecular complexity index is 1310. The summed E-state index contributed by atoms with van der Waals surface area (Å²) in [6.07, 6.45) is 0. The van der Waals surface area contributed by atoms with Gasteiger partial charge in [0.1, 0.15) is 5.00 Å². The third-order valence-electron chi connectivity index (χ3n) is 4.85. The van der Waals surface area contributed by atoms with Crippen LogP contribution >= 0.6 is 11.3 Å². The highest BCUT2D eigenvalue weighted by molar-refractivity contribution is 7.14. The summed E-state index contributed by atoms with van der Waals surface area (Å²) in [4.78, 5) is 29.1. The van der Waals surface area contributed by atoms with Gasteiger partial charge in [0.05, 0.1) is 17.9 Å². The lowest BCUT2D eigenvalue weighted by atomic mass is 10.1. The van der Waals surface area contributed by atoms with Crippen LogP contribution in [0.3, 0.4) is 0 Å². The highest BCUT2D eigenvalue weighted by Gasteiger charge is 2.20. The van der Waals surface area contributed by atoms with Gasteiger partial charge < -0.3 is 15.6 Å². The van der Waals surface area contributed by atoms with E-state index in [1.165, 1.54) is 16.9 Å². The number of anilines is 1. The molecular weight excluding hydrogens is 420 g/mol. The van der Waals surface area contributed by atoms with Crippen molar-refractivity contribution in [3.8, 4) is 11.3 Å². The minimum absolute atomic E-state index is 0.516. The highest BCUT2D eigenvalue weighted by atomic mass is 32.1. The number of aromatic nitrogens is 1. The molecule has 6 nitrogen and oxygen atoms in total. The molecule has 3 aromatic carbocycles. The number of rotatable bonds is 5. The van der Waals surface area contributed by atoms with Gasteiger partial charge in [-0.2, -0.15) is 0 Å². The standard InChI is InChI=1S/C25H22N4O2S/c1-17-12-14-18(15-13-17)16-29-21(19-8-4-2-5-9-19)24(28-23(31)22(26)30)32-25(29)27-20-10-6-3-7-11-20/h2-15H,16H2,1H3,(H2,26,30)(H,28,31). The molecule has 7 heteroatoms. The first kappa shape index (κ1) is 21.3. The van der Waals surface area contributed by atoms with E-state index in [1.807, 2.05) is 72.2 Å². The third kappa shape index (κ3) is 4.84. The lowest BCUT2D eigenvalue weighted by molar-refractivity contribution is -0.134. The zero-order valence-electron chi connectivity index (χ0n) is 17.5. The zero-order valence-corrected chi connectivity index (χ0v) is 18.3. The van der Waals surface area contributed by atoms with Crippen LogP contribution in [0.4, 0.5) is 10.7 Å². The van der Waals surface area contributed by atoms with Gasteiger partial charge in [-0.25, -0.2) is 4.99 Å². The number of para-hydroxylation sites is 1. The van der Waals surface area contributed by atoms with Gasteiger partial charge in [0.2, 0.25) is 0 Å². The van der Waals surface area contributed by atoms with E-state index in [1.54, 1.807) is 0 Å². The van der Waals surface area contributed by atoms with Crippen LogP contribution in [0.25, 0.3) is 11.3 Å². The number of nitrogens with one attached hydrogen (secondary N) is 1. The van der Waals surface area contributed by atoms with Gasteiger partial charge in [0.15, 0.2) is 4.80 Å². The number of hydrogen-bond acceptors (Lipinski definition) is 4. The van der Waals surface area contributed by atoms with E-state index in [2.05, 4.69) is 29.6 Å². The Morgan fingerprint density at radius 3 is 2.19 bits per heavy atom. The second kappa shape index (κ2) is 9.45. The van der Waals surface area contributed by atoms with Crippen molar-refractivity contribution in [2.24, 2.45) is 10.7 Å². The van der Waals surface area contributed by atoms with Crippen molar-refractivity contribution in [3.63, 3.8) is 0 Å². The van der Waals surface area contributed by atoms with Crippen molar-refractivity contribution < 1.29 is 9.59 Å². The average molecular weight is 443 g/mol. The molecule has 1 heterocycles. The van der Waals surface area contributed by atoms with E-state index in [4.69, 9.17) is 10.7 Å². The maximum atomic E-state index is 12.2. The summed E-state index contributed by atoms with van der Waals surface area (Å²) in [5.41, 5.74) is 9.92. The van der Waals surface area contributed by atoms with Gasteiger partial charge in [-0.3, -0.25) is 9.59 Å². The van der Waals surface area contributed by atoms with E-state index in [0.29, 0.717) is 16.3 Å². The Morgan fingerprint density at radius 2 is 1.56 bits per heavy atom. The molecule has 3 N–H and O–H groups in total. The number of aryl methyl sites for hydroxylation is 1. The minimum atomic E-state index is -1.04. The molecule has 0 aliphatic carbocycles. The normalized spacial score (nSPS) is 11.3. The Labute approximate surface area is 189 Å². The van der Waals surface area contributed by atoms with Crippen LogP contribution in [0.5, 0.6) is 0 Å². The first-order valence-corrected chi connectivity index (χ1v) is 10.9. The first-order chi connectivity index (χ1) is 15.5. The smallest absolute Gasteiger partial charge is 0.314 e. The molecule has 160 valence electrons. The quantitative estimate of drug-likeness (QED) is 0.453. The molecule has 0 spiro atoms. The summed E-state index contributed by atoms with van der Waals surface area (Å²) >= 11 is 1.30. The molecule has 0 aliphatic heterocycles. The summed E-state index contributed by atoms with van der Waals surface area (Å²) in [6.45, 7) is 2.59. The number of thiazole rings is 1. The molecule has 2 amide bonds. The Kier molecular flexibility index (Phi) is 6.28. The van der Waals surface area contributed by atoms with E-state index in [0.717, 1.165) is 22.5 Å². The fraction of sp³-hybridized carbons (Fsp3) is 0.0800. The summed E-state index contributed by atoms with van der Waals surface area (Å²) < 4.78 is 2.05. The highest BCUT2D eigenvalue weighted by Crippen LogP contribution is 2.32. The Balaban J connectivity index is 1.94. The molecule has 4 rings (SSSR count). The molecule has 0 aliphatic rings. The minimum Gasteiger partial charge on any atom is -0.361 e. The second-order valence-corrected chi connectivity index (χ2v) is 8.24. The number of amides is 2. The van der Waals surface area contributed by atoms with Crippen LogP contribution < -0.4 is 15.9 Å². The van der Waals surface area contributed by atoms with Crippen molar-refractivity contribution in [3.05, 3.63) is 101 Å². The summed E-state index contributed by atoms with van der Waals surface area (Å²) in [7, 11) is 0. The van der Waals surface area contributed by atoms with Crippen LogP contribution in [-0.4, -0.2) is 16.4 Å². The lowest BCUT2D eigenvalue weighted by Gasteiger charge is -2.12. The van der Waals surface area contributed by atoms with E-state index in [-0.39, 0.29) is 0 Å². The molecule has 32 heavy (non-hydrogen) atoms. The topological polar surface area (TPSA) is 89.5 Å². The molecule has 0 fully saturated rings. The summed E-state index contributed by atoms with van der Waals surface area (Å²) in [5.74, 6) is -1.90. The maximum Gasteiger partial charge on any atom is 0.314 e. The number of benzene rings is 3. The number of carbonyl (C=O) groups is 2. The van der Waals surface area contributed by atoms with Crippen molar-refractivity contribution in [2.45, 2.75) is 13.5 Å². The van der Waals surface area contributed by atoms with E-state index < -0.39 is 11.8 Å². The molecular formula is C25H22N4O2S. The molecule has 4 aromatic rings. The number of hydrogen-bond donors (Lipinski definition) is 2. The predicted octanol–water partition coefficient (Wildman–Crippen LogP) is 4.23. The molecule has 0 bridgehead atoms. The molecule has 0 radical (unpaired) electrons. The van der Waals surface area contributed by atoms with Crippen LogP contribution in [0.1, 0.15) is 11.1 Å². The van der Waals surface area contributed by atoms with Crippen molar-refractivity contribution in [1.29, 1.82) is 0 Å². The van der Waals surface area contributed by atoms with E-state index in [9.17, 15) is 9.59 Å². The summed E-state index contributed by atoms with van der Waals surface area (Å²) in [5, 5.41) is 3.19. The fourth-order valence-corrected chi connectivity index (χ4v) is 4.33. The Hall–Kier alpha value is -3.97. The molecule has 0 saturated carbocycles. The van der Waals surface area contributed by atoms with Crippen LogP contribution in [-0.2, 0) is 16.1 Å². The number of nitrogens with zero attached hydrogens (tertiary/aromatic N) is 2. The van der Waals surface area contributed by atoms with Gasteiger partial charge in [0, 0.05) is 5.56 Å². The lowest BCUT2D eigenvalue weighted by Crippen LogP contribution is -2.29. The van der Waals surface area contributed by atoms with Gasteiger partial charge in [0.25, 0.3) is 0 Å². The van der Waals surface area contributed by atoms with Crippen LogP contribution in [0.2, 0.25) is 0 Å². The molecule has 0 unspecified atom stereocenters. The number of nitrogens with two attached hydrogens (primary N) is 1. The predicted molar refractivity (Wildman–Crippen MR) is 128 cm³/mol. The monoisotopic (exact) mass is 442 g/mol.